The first-order valence-corrected chi connectivity index (χ1v) is 7.85. The Bertz CT molecular complexity index is 576. The molecule has 2 heterocycles. The molecule has 3 N–H and O–H groups in total. The summed E-state index contributed by atoms with van der Waals surface area (Å²) in [6, 6.07) is 7.63. The van der Waals surface area contributed by atoms with Gasteiger partial charge in [0.05, 0.1) is 6.54 Å². The zero-order valence-corrected chi connectivity index (χ0v) is 12.5. The van der Waals surface area contributed by atoms with Gasteiger partial charge >= 0.3 is 6.03 Å². The highest BCUT2D eigenvalue weighted by molar-refractivity contribution is 7.12. The fourth-order valence-corrected chi connectivity index (χ4v) is 3.51. The number of primary amides is 1. The zero-order valence-electron chi connectivity index (χ0n) is 10.9. The number of nitrogens with zero attached hydrogens (tertiary/aromatic N) is 1. The molecule has 2 amide bonds. The van der Waals surface area contributed by atoms with Crippen LogP contribution in [0.1, 0.15) is 14.6 Å². The van der Waals surface area contributed by atoms with Gasteiger partial charge in [-0.3, -0.25) is 5.21 Å². The van der Waals surface area contributed by atoms with Gasteiger partial charge in [-0.05, 0) is 30.0 Å². The van der Waals surface area contributed by atoms with Crippen LogP contribution in [0, 0.1) is 0 Å². The number of hydrogen-bond acceptors (Lipinski definition) is 4. The van der Waals surface area contributed by atoms with E-state index >= 15 is 0 Å². The summed E-state index contributed by atoms with van der Waals surface area (Å²) in [5.41, 5.74) is 4.90. The number of thiophene rings is 2. The highest BCUT2D eigenvalue weighted by Gasteiger charge is 2.03. The van der Waals surface area contributed by atoms with Crippen LogP contribution in [0.2, 0.25) is 0 Å². The maximum Gasteiger partial charge on any atom is 0.338 e. The number of carbonyl (C=O) groups is 1. The summed E-state index contributed by atoms with van der Waals surface area (Å²) in [6.45, 7) is 0.114. The Morgan fingerprint density at radius 3 is 2.75 bits per heavy atom. The normalized spacial score (nSPS) is 11.1. The Balaban J connectivity index is 1.81. The van der Waals surface area contributed by atoms with Crippen LogP contribution in [0.15, 0.2) is 41.8 Å². The monoisotopic (exact) mass is 308 g/mol. The van der Waals surface area contributed by atoms with Crippen molar-refractivity contribution >= 4 is 28.7 Å². The van der Waals surface area contributed by atoms with E-state index < -0.39 is 6.03 Å². The summed E-state index contributed by atoms with van der Waals surface area (Å²) in [6.07, 6.45) is 5.43. The molecule has 0 bridgehead atoms. The molecule has 0 aliphatic rings. The van der Waals surface area contributed by atoms with E-state index in [0.29, 0.717) is 5.06 Å². The van der Waals surface area contributed by atoms with Crippen molar-refractivity contribution in [2.45, 2.75) is 12.8 Å². The third-order valence-electron chi connectivity index (χ3n) is 2.66. The van der Waals surface area contributed by atoms with E-state index in [2.05, 4.69) is 29.6 Å². The molecule has 0 spiro atoms. The van der Waals surface area contributed by atoms with Gasteiger partial charge in [0.1, 0.15) is 0 Å². The van der Waals surface area contributed by atoms with Gasteiger partial charge in [0.25, 0.3) is 0 Å². The number of amides is 2. The second-order valence-corrected chi connectivity index (χ2v) is 6.51. The number of hydroxylamine groups is 2. The van der Waals surface area contributed by atoms with E-state index in [1.54, 1.807) is 28.7 Å². The first-order chi connectivity index (χ1) is 9.65. The van der Waals surface area contributed by atoms with Gasteiger partial charge in [0.15, 0.2) is 0 Å². The Morgan fingerprint density at radius 2 is 2.05 bits per heavy atom. The van der Waals surface area contributed by atoms with Gasteiger partial charge in [-0.15, -0.1) is 22.7 Å². The van der Waals surface area contributed by atoms with Crippen molar-refractivity contribution in [1.82, 2.24) is 5.06 Å². The first-order valence-electron chi connectivity index (χ1n) is 6.16. The van der Waals surface area contributed by atoms with Crippen LogP contribution >= 0.6 is 22.7 Å². The topological polar surface area (TPSA) is 66.6 Å². The molecule has 6 heteroatoms. The van der Waals surface area contributed by atoms with Gasteiger partial charge in [0, 0.05) is 21.1 Å². The van der Waals surface area contributed by atoms with Crippen LogP contribution in [0.5, 0.6) is 0 Å². The number of urea groups is 1. The van der Waals surface area contributed by atoms with E-state index in [1.165, 1.54) is 14.6 Å². The predicted molar refractivity (Wildman–Crippen MR) is 82.4 cm³/mol. The third-order valence-corrected chi connectivity index (χ3v) is 4.65. The number of nitrogens with two attached hydrogens (primary N) is 1. The van der Waals surface area contributed by atoms with Crippen molar-refractivity contribution in [2.75, 3.05) is 6.54 Å². The summed E-state index contributed by atoms with van der Waals surface area (Å²) >= 11 is 3.55. The minimum absolute atomic E-state index is 0.114. The predicted octanol–water partition coefficient (Wildman–Crippen LogP) is 3.27. The van der Waals surface area contributed by atoms with Crippen molar-refractivity contribution in [3.05, 3.63) is 56.4 Å². The van der Waals surface area contributed by atoms with Gasteiger partial charge in [-0.2, -0.15) is 0 Å². The van der Waals surface area contributed by atoms with E-state index in [-0.39, 0.29) is 6.54 Å². The van der Waals surface area contributed by atoms with E-state index in [4.69, 9.17) is 10.9 Å². The van der Waals surface area contributed by atoms with Crippen LogP contribution in [0.4, 0.5) is 4.79 Å². The molecular weight excluding hydrogens is 292 g/mol. The summed E-state index contributed by atoms with van der Waals surface area (Å²) in [5, 5.41) is 11.7. The van der Waals surface area contributed by atoms with Gasteiger partial charge < -0.3 is 5.73 Å². The van der Waals surface area contributed by atoms with Gasteiger partial charge in [-0.1, -0.05) is 18.2 Å². The van der Waals surface area contributed by atoms with E-state index in [1.807, 2.05) is 6.08 Å². The molecule has 0 aliphatic heterocycles. The van der Waals surface area contributed by atoms with Crippen LogP contribution in [-0.2, 0) is 12.8 Å². The third kappa shape index (κ3) is 4.48. The Hall–Kier alpha value is -1.63. The average molecular weight is 308 g/mol. The number of hydrogen-bond donors (Lipinski definition) is 2. The highest BCUT2D eigenvalue weighted by Crippen LogP contribution is 2.22. The molecular formula is C14H16N2O2S2. The quantitative estimate of drug-likeness (QED) is 0.488. The Kier molecular flexibility index (Phi) is 5.34. The molecule has 0 saturated carbocycles. The van der Waals surface area contributed by atoms with Crippen molar-refractivity contribution in [1.29, 1.82) is 0 Å². The fraction of sp³-hybridized carbons (Fsp3) is 0.214. The highest BCUT2D eigenvalue weighted by atomic mass is 32.1. The molecule has 0 aliphatic carbocycles. The smallest absolute Gasteiger partial charge is 0.338 e. The maximum atomic E-state index is 10.6. The lowest BCUT2D eigenvalue weighted by Gasteiger charge is -2.07. The van der Waals surface area contributed by atoms with Crippen LogP contribution < -0.4 is 5.73 Å². The lowest BCUT2D eigenvalue weighted by Crippen LogP contribution is -2.32. The maximum absolute atomic E-state index is 10.6. The molecule has 2 rings (SSSR count). The number of rotatable bonds is 6. The molecule has 0 atom stereocenters. The second-order valence-electron chi connectivity index (χ2n) is 4.22. The first kappa shape index (κ1) is 14.8. The average Bonchev–Trinajstić information content (AvgIpc) is 3.06. The molecule has 0 aromatic carbocycles. The molecule has 4 nitrogen and oxygen atoms in total. The molecule has 0 unspecified atom stereocenters. The SMILES string of the molecule is NC(=O)N(O)C/C=C\Cc1ccc(Cc2cccs2)s1. The molecule has 20 heavy (non-hydrogen) atoms. The van der Waals surface area contributed by atoms with E-state index in [0.717, 1.165) is 12.8 Å². The summed E-state index contributed by atoms with van der Waals surface area (Å²) < 4.78 is 0. The van der Waals surface area contributed by atoms with Crippen molar-refractivity contribution in [3.8, 4) is 0 Å². The largest absolute Gasteiger partial charge is 0.350 e. The minimum Gasteiger partial charge on any atom is -0.350 e. The minimum atomic E-state index is -0.844. The lowest BCUT2D eigenvalue weighted by atomic mass is 10.3. The second kappa shape index (κ2) is 7.23. The molecule has 2 aromatic heterocycles. The summed E-state index contributed by atoms with van der Waals surface area (Å²) in [5.74, 6) is 0. The summed E-state index contributed by atoms with van der Waals surface area (Å²) in [4.78, 5) is 14.6. The van der Waals surface area contributed by atoms with Gasteiger partial charge in [0.2, 0.25) is 0 Å². The fourth-order valence-electron chi connectivity index (χ4n) is 1.68. The van der Waals surface area contributed by atoms with Gasteiger partial charge in [-0.25, -0.2) is 9.86 Å². The molecule has 0 fully saturated rings. The molecule has 106 valence electrons. The van der Waals surface area contributed by atoms with E-state index in [9.17, 15) is 4.79 Å². The van der Waals surface area contributed by atoms with Crippen molar-refractivity contribution in [2.24, 2.45) is 5.73 Å². The van der Waals surface area contributed by atoms with Crippen LogP contribution in [0.25, 0.3) is 0 Å². The van der Waals surface area contributed by atoms with Crippen LogP contribution in [0.3, 0.4) is 0 Å². The Morgan fingerprint density at radius 1 is 1.25 bits per heavy atom. The molecule has 0 saturated heterocycles. The van der Waals surface area contributed by atoms with Crippen molar-refractivity contribution < 1.29 is 10.0 Å². The molecule has 0 radical (unpaired) electrons. The number of carbonyl (C=O) groups excluding carboxylic acids is 1. The Labute approximate surface area is 125 Å². The number of allylic oxidation sites excluding steroid dienone is 1. The molecule has 2 aromatic rings. The lowest BCUT2D eigenvalue weighted by molar-refractivity contribution is -0.0288. The zero-order chi connectivity index (χ0) is 14.4. The standard InChI is InChI=1S/C14H16N2O2S2/c15-14(17)16(18)8-2-1-4-11-6-7-13(20-11)10-12-5-3-9-19-12/h1-3,5-7,9,18H,4,8,10H2,(H2,15,17)/b2-1-. The van der Waals surface area contributed by atoms with Crippen molar-refractivity contribution in [3.63, 3.8) is 0 Å². The van der Waals surface area contributed by atoms with Crippen LogP contribution in [-0.4, -0.2) is 22.8 Å². The summed E-state index contributed by atoms with van der Waals surface area (Å²) in [7, 11) is 0.